The highest BCUT2D eigenvalue weighted by Crippen LogP contribution is 2.37. The monoisotopic (exact) mass is 455 g/mol. The highest BCUT2D eigenvalue weighted by molar-refractivity contribution is 5.68. The molecule has 2 aromatic rings. The molecule has 0 aromatic carbocycles. The van der Waals surface area contributed by atoms with Gasteiger partial charge in [0.1, 0.15) is 5.82 Å². The molecular weight excluding hydrogens is 422 g/mol. The van der Waals surface area contributed by atoms with Gasteiger partial charge in [-0.3, -0.25) is 5.10 Å². The Morgan fingerprint density at radius 1 is 1.21 bits per heavy atom. The van der Waals surface area contributed by atoms with Crippen LogP contribution < -0.4 is 10.2 Å². The van der Waals surface area contributed by atoms with Crippen molar-refractivity contribution in [3.63, 3.8) is 0 Å². The van der Waals surface area contributed by atoms with Crippen LogP contribution in [0.25, 0.3) is 0 Å². The SMILES string of the molecule is COC(=O)N1[C@@H]2CCC[C@H]1CC(N(C)c1nc(Nc3cc(C)[nH]n3)cc(C3CCOC3)n1)C2. The van der Waals surface area contributed by atoms with Crippen molar-refractivity contribution in [3.05, 3.63) is 23.5 Å². The molecule has 0 radical (unpaired) electrons. The molecule has 3 aliphatic heterocycles. The molecule has 5 rings (SSSR count). The number of anilines is 3. The lowest BCUT2D eigenvalue weighted by Crippen LogP contribution is -2.58. The van der Waals surface area contributed by atoms with E-state index >= 15 is 0 Å². The number of hydrogen-bond acceptors (Lipinski definition) is 8. The van der Waals surface area contributed by atoms with Gasteiger partial charge in [-0.15, -0.1) is 0 Å². The summed E-state index contributed by atoms with van der Waals surface area (Å²) >= 11 is 0. The van der Waals surface area contributed by atoms with Crippen LogP contribution in [0.1, 0.15) is 55.8 Å². The lowest BCUT2D eigenvalue weighted by molar-refractivity contribution is 0.0260. The predicted octanol–water partition coefficient (Wildman–Crippen LogP) is 3.34. The van der Waals surface area contributed by atoms with Gasteiger partial charge >= 0.3 is 6.09 Å². The zero-order chi connectivity index (χ0) is 22.9. The van der Waals surface area contributed by atoms with Crippen molar-refractivity contribution in [2.24, 2.45) is 0 Å². The smallest absolute Gasteiger partial charge is 0.409 e. The van der Waals surface area contributed by atoms with Gasteiger partial charge in [-0.1, -0.05) is 0 Å². The number of carbonyl (C=O) groups is 1. The number of hydrogen-bond donors (Lipinski definition) is 2. The van der Waals surface area contributed by atoms with Crippen molar-refractivity contribution in [2.45, 2.75) is 69.5 Å². The number of fused-ring (bicyclic) bond motifs is 2. The second-order valence-electron chi connectivity index (χ2n) is 9.45. The number of amides is 1. The topological polar surface area (TPSA) is 109 Å². The van der Waals surface area contributed by atoms with Crippen LogP contribution in [0.5, 0.6) is 0 Å². The van der Waals surface area contributed by atoms with Gasteiger partial charge in [0.2, 0.25) is 5.95 Å². The fourth-order valence-electron chi connectivity index (χ4n) is 5.50. The van der Waals surface area contributed by atoms with Gasteiger partial charge < -0.3 is 24.6 Å². The Kier molecular flexibility index (Phi) is 6.09. The van der Waals surface area contributed by atoms with Crippen molar-refractivity contribution in [1.82, 2.24) is 25.1 Å². The first-order valence-electron chi connectivity index (χ1n) is 11.9. The van der Waals surface area contributed by atoms with E-state index in [1.807, 2.05) is 24.0 Å². The molecule has 3 fully saturated rings. The first-order valence-corrected chi connectivity index (χ1v) is 11.9. The van der Waals surface area contributed by atoms with Crippen LogP contribution >= 0.6 is 0 Å². The molecule has 10 nitrogen and oxygen atoms in total. The van der Waals surface area contributed by atoms with Crippen LogP contribution in [0.15, 0.2) is 12.1 Å². The summed E-state index contributed by atoms with van der Waals surface area (Å²) < 4.78 is 10.7. The lowest BCUT2D eigenvalue weighted by Gasteiger charge is -2.49. The van der Waals surface area contributed by atoms with Gasteiger partial charge in [0.05, 0.1) is 19.4 Å². The summed E-state index contributed by atoms with van der Waals surface area (Å²) in [4.78, 5) is 26.4. The fraction of sp³-hybridized carbons (Fsp3) is 0.652. The second kappa shape index (κ2) is 9.17. The van der Waals surface area contributed by atoms with Crippen molar-refractivity contribution in [2.75, 3.05) is 37.6 Å². The molecule has 0 saturated carbocycles. The number of carbonyl (C=O) groups excluding carboxylic acids is 1. The van der Waals surface area contributed by atoms with E-state index in [1.165, 1.54) is 7.11 Å². The molecule has 5 heterocycles. The fourth-order valence-corrected chi connectivity index (χ4v) is 5.50. The molecule has 1 amide bonds. The molecule has 2 unspecified atom stereocenters. The number of H-pyrrole nitrogens is 1. The van der Waals surface area contributed by atoms with Crippen molar-refractivity contribution in [3.8, 4) is 0 Å². The van der Waals surface area contributed by atoms with Crippen LogP contribution in [0, 0.1) is 6.92 Å². The number of ether oxygens (including phenoxy) is 2. The maximum absolute atomic E-state index is 12.4. The van der Waals surface area contributed by atoms with E-state index in [-0.39, 0.29) is 30.1 Å². The summed E-state index contributed by atoms with van der Waals surface area (Å²) in [6, 6.07) is 4.63. The normalized spacial score (nSPS) is 26.8. The molecule has 33 heavy (non-hydrogen) atoms. The van der Waals surface area contributed by atoms with Crippen LogP contribution in [-0.2, 0) is 9.47 Å². The van der Waals surface area contributed by atoms with Crippen LogP contribution in [0.4, 0.5) is 22.4 Å². The first-order chi connectivity index (χ1) is 16.0. The Balaban J connectivity index is 1.40. The molecule has 4 atom stereocenters. The highest BCUT2D eigenvalue weighted by atomic mass is 16.5. The zero-order valence-electron chi connectivity index (χ0n) is 19.6. The maximum atomic E-state index is 12.4. The first kappa shape index (κ1) is 21.9. The number of methoxy groups -OCH3 is 1. The number of aromatic amines is 1. The number of nitrogens with zero attached hydrogens (tertiary/aromatic N) is 5. The Labute approximate surface area is 194 Å². The number of nitrogens with one attached hydrogen (secondary N) is 2. The molecule has 2 bridgehead atoms. The summed E-state index contributed by atoms with van der Waals surface area (Å²) in [5, 5.41) is 10.6. The van der Waals surface area contributed by atoms with Gasteiger partial charge in [-0.25, -0.2) is 9.78 Å². The third-order valence-electron chi connectivity index (χ3n) is 7.24. The Morgan fingerprint density at radius 2 is 2.00 bits per heavy atom. The van der Waals surface area contributed by atoms with Crippen LogP contribution in [0.2, 0.25) is 0 Å². The van der Waals surface area contributed by atoms with Gasteiger partial charge in [0.25, 0.3) is 0 Å². The highest BCUT2D eigenvalue weighted by Gasteiger charge is 2.43. The molecule has 0 aliphatic carbocycles. The van der Waals surface area contributed by atoms with E-state index in [0.717, 1.165) is 68.2 Å². The van der Waals surface area contributed by atoms with E-state index in [1.54, 1.807) is 0 Å². The lowest BCUT2D eigenvalue weighted by atomic mass is 9.81. The minimum Gasteiger partial charge on any atom is -0.453 e. The van der Waals surface area contributed by atoms with Crippen LogP contribution in [0.3, 0.4) is 0 Å². The van der Waals surface area contributed by atoms with Gasteiger partial charge in [0, 0.05) is 55.5 Å². The van der Waals surface area contributed by atoms with Crippen molar-refractivity contribution >= 4 is 23.7 Å². The van der Waals surface area contributed by atoms with Gasteiger partial charge in [0.15, 0.2) is 5.82 Å². The summed E-state index contributed by atoms with van der Waals surface area (Å²) in [5.74, 6) is 2.42. The third kappa shape index (κ3) is 4.48. The summed E-state index contributed by atoms with van der Waals surface area (Å²) in [5.41, 5.74) is 1.98. The molecule has 178 valence electrons. The number of aryl methyl sites for hydroxylation is 1. The summed E-state index contributed by atoms with van der Waals surface area (Å²) in [6.07, 6.45) is 5.73. The molecule has 2 N–H and O–H groups in total. The van der Waals surface area contributed by atoms with E-state index in [0.29, 0.717) is 12.6 Å². The minimum atomic E-state index is -0.203. The third-order valence-corrected chi connectivity index (χ3v) is 7.24. The number of aromatic nitrogens is 4. The van der Waals surface area contributed by atoms with Gasteiger partial charge in [-0.05, 0) is 45.4 Å². The zero-order valence-corrected chi connectivity index (χ0v) is 19.6. The summed E-state index contributed by atoms with van der Waals surface area (Å²) in [7, 11) is 3.54. The van der Waals surface area contributed by atoms with Gasteiger partial charge in [-0.2, -0.15) is 10.1 Å². The van der Waals surface area contributed by atoms with E-state index in [4.69, 9.17) is 19.4 Å². The molecule has 3 aliphatic rings. The second-order valence-corrected chi connectivity index (χ2v) is 9.45. The van der Waals surface area contributed by atoms with Crippen molar-refractivity contribution in [1.29, 1.82) is 0 Å². The number of piperidine rings is 2. The van der Waals surface area contributed by atoms with E-state index < -0.39 is 0 Å². The average molecular weight is 456 g/mol. The summed E-state index contributed by atoms with van der Waals surface area (Å²) in [6.45, 7) is 3.41. The minimum absolute atomic E-state index is 0.202. The molecule has 10 heteroatoms. The maximum Gasteiger partial charge on any atom is 0.409 e. The van der Waals surface area contributed by atoms with E-state index in [2.05, 4.69) is 27.5 Å². The standard InChI is InChI=1S/C23H33N7O3/c1-14-9-21(28-27-14)25-20-12-19(15-7-8-33-13-15)24-22(26-20)29(2)18-10-16-5-4-6-17(11-18)30(16)23(31)32-3/h9,12,15-18H,4-8,10-11,13H2,1-3H3,(H2,24,25,26,27,28)/t15?,16-,17+,18?. The molecule has 2 aromatic heterocycles. The number of rotatable bonds is 5. The predicted molar refractivity (Wildman–Crippen MR) is 124 cm³/mol. The molecule has 3 saturated heterocycles. The largest absolute Gasteiger partial charge is 0.453 e. The quantitative estimate of drug-likeness (QED) is 0.707. The van der Waals surface area contributed by atoms with E-state index in [9.17, 15) is 4.79 Å². The van der Waals surface area contributed by atoms with Crippen LogP contribution in [-0.4, -0.2) is 76.7 Å². The Bertz CT molecular complexity index is 976. The average Bonchev–Trinajstić information content (AvgIpc) is 3.49. The Morgan fingerprint density at radius 3 is 2.64 bits per heavy atom. The molecule has 0 spiro atoms. The Hall–Kier alpha value is -2.88. The molecular formula is C23H33N7O3. The van der Waals surface area contributed by atoms with Crippen molar-refractivity contribution < 1.29 is 14.3 Å².